The van der Waals surface area contributed by atoms with Gasteiger partial charge in [0.25, 0.3) is 0 Å². The average Bonchev–Trinajstić information content (AvgIpc) is 3.33. The van der Waals surface area contributed by atoms with E-state index in [0.29, 0.717) is 5.95 Å². The first-order chi connectivity index (χ1) is 11.3. The van der Waals surface area contributed by atoms with Crippen molar-refractivity contribution >= 4 is 5.82 Å². The first-order valence-electron chi connectivity index (χ1n) is 7.87. The molecule has 8 nitrogen and oxygen atoms in total. The molecule has 2 aliphatic heterocycles. The van der Waals surface area contributed by atoms with Gasteiger partial charge in [-0.05, 0) is 19.3 Å². The molecule has 116 valence electrons. The van der Waals surface area contributed by atoms with Gasteiger partial charge in [0.1, 0.15) is 23.9 Å². The fourth-order valence-corrected chi connectivity index (χ4v) is 3.90. The number of aromatic nitrogens is 7. The highest BCUT2D eigenvalue weighted by Crippen LogP contribution is 2.48. The number of nitrogens with zero attached hydrogens (tertiary/aromatic N) is 8. The van der Waals surface area contributed by atoms with Crippen molar-refractivity contribution in [3.63, 3.8) is 0 Å². The van der Waals surface area contributed by atoms with Crippen molar-refractivity contribution in [2.75, 3.05) is 11.4 Å². The van der Waals surface area contributed by atoms with Gasteiger partial charge in [0, 0.05) is 18.9 Å². The third kappa shape index (κ3) is 1.52. The monoisotopic (exact) mass is 308 g/mol. The van der Waals surface area contributed by atoms with E-state index < -0.39 is 0 Å². The Balaban J connectivity index is 1.77. The smallest absolute Gasteiger partial charge is 0.236 e. The summed E-state index contributed by atoms with van der Waals surface area (Å²) in [6.07, 6.45) is 12.1. The van der Waals surface area contributed by atoms with E-state index in [1.54, 1.807) is 18.9 Å². The highest BCUT2D eigenvalue weighted by atomic mass is 15.4. The van der Waals surface area contributed by atoms with Crippen LogP contribution in [-0.2, 0) is 5.54 Å². The summed E-state index contributed by atoms with van der Waals surface area (Å²) in [6, 6.07) is 0. The van der Waals surface area contributed by atoms with E-state index in [-0.39, 0.29) is 5.54 Å². The molecule has 1 saturated heterocycles. The van der Waals surface area contributed by atoms with Gasteiger partial charge in [-0.3, -0.25) is 9.13 Å². The number of hydrogen-bond donors (Lipinski definition) is 0. The molecule has 23 heavy (non-hydrogen) atoms. The summed E-state index contributed by atoms with van der Waals surface area (Å²) in [4.78, 5) is 15.8. The predicted octanol–water partition coefficient (Wildman–Crippen LogP) is 1.46. The molecular weight excluding hydrogens is 292 g/mol. The molecule has 0 radical (unpaired) electrons. The van der Waals surface area contributed by atoms with Gasteiger partial charge in [-0.15, -0.1) is 10.2 Å². The fourth-order valence-electron chi connectivity index (χ4n) is 3.90. The lowest BCUT2D eigenvalue weighted by molar-refractivity contribution is 0.382. The van der Waals surface area contributed by atoms with Crippen molar-refractivity contribution in [2.24, 2.45) is 0 Å². The summed E-state index contributed by atoms with van der Waals surface area (Å²) in [5, 5.41) is 8.56. The van der Waals surface area contributed by atoms with Crippen LogP contribution < -0.4 is 4.90 Å². The largest absolute Gasteiger partial charge is 0.342 e. The van der Waals surface area contributed by atoms with Crippen LogP contribution in [0.5, 0.6) is 0 Å². The molecule has 5 heterocycles. The Morgan fingerprint density at radius 2 is 2.26 bits per heavy atom. The van der Waals surface area contributed by atoms with Crippen LogP contribution in [-0.4, -0.2) is 40.8 Å². The zero-order valence-electron chi connectivity index (χ0n) is 12.8. The molecule has 0 saturated carbocycles. The summed E-state index contributed by atoms with van der Waals surface area (Å²) in [7, 11) is 0. The molecule has 0 N–H and O–H groups in total. The molecule has 1 atom stereocenters. The molecule has 5 rings (SSSR count). The third-order valence-electron chi connectivity index (χ3n) is 5.03. The summed E-state index contributed by atoms with van der Waals surface area (Å²) in [5.41, 5.74) is 0.837. The van der Waals surface area contributed by atoms with Crippen LogP contribution >= 0.6 is 0 Å². The molecule has 1 fully saturated rings. The molecule has 0 aliphatic carbocycles. The van der Waals surface area contributed by atoms with E-state index in [1.165, 1.54) is 0 Å². The van der Waals surface area contributed by atoms with Crippen LogP contribution in [0.25, 0.3) is 11.6 Å². The summed E-state index contributed by atoms with van der Waals surface area (Å²) < 4.78 is 3.87. The van der Waals surface area contributed by atoms with E-state index in [1.807, 2.05) is 21.5 Å². The molecule has 3 aromatic rings. The molecule has 0 bridgehead atoms. The minimum atomic E-state index is -0.107. The second kappa shape index (κ2) is 4.37. The molecular formula is C15H16N8. The fraction of sp³-hybridized carbons (Fsp3) is 0.400. The third-order valence-corrected chi connectivity index (χ3v) is 5.03. The van der Waals surface area contributed by atoms with E-state index in [4.69, 9.17) is 4.98 Å². The second-order valence-corrected chi connectivity index (χ2v) is 6.01. The minimum absolute atomic E-state index is 0.107. The Morgan fingerprint density at radius 1 is 1.30 bits per heavy atom. The van der Waals surface area contributed by atoms with Gasteiger partial charge in [-0.25, -0.2) is 9.97 Å². The van der Waals surface area contributed by atoms with E-state index in [0.717, 1.165) is 43.1 Å². The molecule has 0 spiro atoms. The summed E-state index contributed by atoms with van der Waals surface area (Å²) in [6.45, 7) is 3.19. The van der Waals surface area contributed by atoms with Gasteiger partial charge in [0.05, 0.1) is 6.20 Å². The Bertz CT molecular complexity index is 867. The molecule has 0 unspecified atom stereocenters. The van der Waals surface area contributed by atoms with Crippen molar-refractivity contribution in [3.05, 3.63) is 37.1 Å². The lowest BCUT2D eigenvalue weighted by atomic mass is 9.90. The number of anilines is 1. The molecule has 0 amide bonds. The topological polar surface area (TPSA) is 77.5 Å². The highest BCUT2D eigenvalue weighted by molar-refractivity contribution is 5.64. The quantitative estimate of drug-likeness (QED) is 0.713. The zero-order valence-corrected chi connectivity index (χ0v) is 12.8. The second-order valence-electron chi connectivity index (χ2n) is 6.01. The lowest BCUT2D eigenvalue weighted by Gasteiger charge is -2.42. The summed E-state index contributed by atoms with van der Waals surface area (Å²) in [5.74, 6) is 2.59. The van der Waals surface area contributed by atoms with Crippen LogP contribution in [0.1, 0.15) is 32.0 Å². The van der Waals surface area contributed by atoms with Gasteiger partial charge >= 0.3 is 0 Å². The van der Waals surface area contributed by atoms with Crippen LogP contribution in [0, 0.1) is 0 Å². The molecule has 3 aromatic heterocycles. The van der Waals surface area contributed by atoms with Gasteiger partial charge in [0.2, 0.25) is 5.95 Å². The maximum atomic E-state index is 4.83. The average molecular weight is 308 g/mol. The number of imidazole rings is 1. The first kappa shape index (κ1) is 12.7. The minimum Gasteiger partial charge on any atom is -0.342 e. The number of hydrogen-bond acceptors (Lipinski definition) is 6. The SMILES string of the molecule is CC[C@@]12CCCN1c1nc(-n3ccnc3)ncc1-n1cnnc12. The van der Waals surface area contributed by atoms with Crippen molar-refractivity contribution < 1.29 is 0 Å². The van der Waals surface area contributed by atoms with Gasteiger partial charge in [0.15, 0.2) is 11.6 Å². The predicted molar refractivity (Wildman–Crippen MR) is 82.6 cm³/mol. The Kier molecular flexibility index (Phi) is 2.42. The van der Waals surface area contributed by atoms with Gasteiger partial charge in [-0.1, -0.05) is 6.92 Å². The van der Waals surface area contributed by atoms with E-state index in [2.05, 4.69) is 32.0 Å². The van der Waals surface area contributed by atoms with Crippen molar-refractivity contribution in [1.82, 2.24) is 34.3 Å². The van der Waals surface area contributed by atoms with Crippen molar-refractivity contribution in [1.29, 1.82) is 0 Å². The number of fused-ring (bicyclic) bond motifs is 6. The maximum Gasteiger partial charge on any atom is 0.236 e. The number of rotatable bonds is 2. The zero-order chi connectivity index (χ0) is 15.4. The van der Waals surface area contributed by atoms with E-state index in [9.17, 15) is 0 Å². The molecule has 8 heteroatoms. The maximum absolute atomic E-state index is 4.83. The Labute approximate surface area is 132 Å². The Morgan fingerprint density at radius 3 is 3.09 bits per heavy atom. The van der Waals surface area contributed by atoms with Crippen molar-refractivity contribution in [2.45, 2.75) is 31.7 Å². The summed E-state index contributed by atoms with van der Waals surface area (Å²) >= 11 is 0. The molecule has 0 aromatic carbocycles. The van der Waals surface area contributed by atoms with Crippen molar-refractivity contribution in [3.8, 4) is 11.6 Å². The van der Waals surface area contributed by atoms with Crippen LogP contribution in [0.15, 0.2) is 31.2 Å². The first-order valence-corrected chi connectivity index (χ1v) is 7.87. The van der Waals surface area contributed by atoms with E-state index >= 15 is 0 Å². The molecule has 2 aliphatic rings. The Hall–Kier alpha value is -2.77. The van der Waals surface area contributed by atoms with Gasteiger partial charge in [-0.2, -0.15) is 4.98 Å². The normalized spacial score (nSPS) is 21.9. The lowest BCUT2D eigenvalue weighted by Crippen LogP contribution is -2.46. The van der Waals surface area contributed by atoms with Crippen LogP contribution in [0.3, 0.4) is 0 Å². The standard InChI is InChI=1S/C15H16N8/c1-2-15-4-3-6-23(15)12-11(22-10-18-20-13(15)22)8-17-14(19-12)21-7-5-16-9-21/h5,7-10H,2-4,6H2,1H3/t15-/m0/s1. The highest BCUT2D eigenvalue weighted by Gasteiger charge is 2.49. The van der Waals surface area contributed by atoms with Crippen LogP contribution in [0.4, 0.5) is 5.82 Å². The van der Waals surface area contributed by atoms with Gasteiger partial charge < -0.3 is 4.90 Å². The van der Waals surface area contributed by atoms with Crippen LogP contribution in [0.2, 0.25) is 0 Å².